The summed E-state index contributed by atoms with van der Waals surface area (Å²) in [6, 6.07) is 10.0. The number of aromatic carboxylic acids is 1. The second-order valence-corrected chi connectivity index (χ2v) is 4.40. The maximum Gasteiger partial charge on any atom is 0.358 e. The van der Waals surface area contributed by atoms with Crippen LogP contribution in [0.2, 0.25) is 0 Å². The summed E-state index contributed by atoms with van der Waals surface area (Å²) in [5.74, 6) is -1.01. The van der Waals surface area contributed by atoms with Gasteiger partial charge in [0.1, 0.15) is 0 Å². The molecule has 0 saturated carbocycles. The van der Waals surface area contributed by atoms with Crippen molar-refractivity contribution in [3.63, 3.8) is 0 Å². The van der Waals surface area contributed by atoms with E-state index in [0.717, 1.165) is 12.8 Å². The number of benzene rings is 1. The number of carboxylic acid groups (broad SMARTS) is 1. The smallest absolute Gasteiger partial charge is 0.358 e. The highest BCUT2D eigenvalue weighted by Gasteiger charge is 2.18. The van der Waals surface area contributed by atoms with Crippen LogP contribution in [0.25, 0.3) is 0 Å². The quantitative estimate of drug-likeness (QED) is 0.863. The summed E-state index contributed by atoms with van der Waals surface area (Å²) in [6.45, 7) is 2.73. The van der Waals surface area contributed by atoms with Crippen LogP contribution in [0.5, 0.6) is 0 Å². The van der Waals surface area contributed by atoms with Crippen molar-refractivity contribution in [2.45, 2.75) is 32.7 Å². The maximum absolute atomic E-state index is 11.1. The van der Waals surface area contributed by atoms with Crippen molar-refractivity contribution < 1.29 is 9.90 Å². The molecule has 2 rings (SSSR count). The van der Waals surface area contributed by atoms with E-state index in [1.165, 1.54) is 5.56 Å². The highest BCUT2D eigenvalue weighted by molar-refractivity contribution is 5.86. The molecule has 0 bridgehead atoms. The zero-order valence-corrected chi connectivity index (χ0v) is 10.9. The molecule has 0 spiro atoms. The Morgan fingerprint density at radius 3 is 2.63 bits per heavy atom. The van der Waals surface area contributed by atoms with Crippen LogP contribution in [0, 0.1) is 0 Å². The molecule has 1 heterocycles. The molecule has 0 atom stereocenters. The lowest BCUT2D eigenvalue weighted by Gasteiger charge is -2.06. The van der Waals surface area contributed by atoms with Gasteiger partial charge in [0, 0.05) is 6.54 Å². The lowest BCUT2D eigenvalue weighted by molar-refractivity contribution is 0.0689. The van der Waals surface area contributed by atoms with E-state index >= 15 is 0 Å². The molecular formula is C14H17N3O2. The number of aryl methyl sites for hydroxylation is 2. The van der Waals surface area contributed by atoms with Gasteiger partial charge in [0.15, 0.2) is 5.69 Å². The third-order valence-electron chi connectivity index (χ3n) is 2.97. The van der Waals surface area contributed by atoms with Gasteiger partial charge in [-0.15, -0.1) is 5.10 Å². The van der Waals surface area contributed by atoms with Crippen LogP contribution < -0.4 is 0 Å². The Kier molecular flexibility index (Phi) is 4.28. The molecule has 0 amide bonds. The van der Waals surface area contributed by atoms with Crippen LogP contribution in [0.15, 0.2) is 30.3 Å². The highest BCUT2D eigenvalue weighted by atomic mass is 16.4. The number of hydrogen-bond donors (Lipinski definition) is 1. The molecule has 0 aliphatic carbocycles. The van der Waals surface area contributed by atoms with Crippen molar-refractivity contribution in [3.8, 4) is 0 Å². The predicted octanol–water partition coefficient (Wildman–Crippen LogP) is 2.17. The standard InChI is InChI=1S/C14H17N3O2/c1-2-10-17-12(13(14(18)19)15-16-17)9-8-11-6-4-3-5-7-11/h3-7H,2,8-10H2,1H3,(H,18,19). The molecule has 0 fully saturated rings. The summed E-state index contributed by atoms with van der Waals surface area (Å²) in [5.41, 5.74) is 1.96. The second kappa shape index (κ2) is 6.13. The minimum absolute atomic E-state index is 0.0735. The van der Waals surface area contributed by atoms with Crippen molar-refractivity contribution >= 4 is 5.97 Å². The number of nitrogens with zero attached hydrogens (tertiary/aromatic N) is 3. The third-order valence-corrected chi connectivity index (χ3v) is 2.97. The molecule has 19 heavy (non-hydrogen) atoms. The van der Waals surface area contributed by atoms with E-state index in [4.69, 9.17) is 5.11 Å². The molecular weight excluding hydrogens is 242 g/mol. The Hall–Kier alpha value is -2.17. The van der Waals surface area contributed by atoms with E-state index in [0.29, 0.717) is 18.7 Å². The molecule has 0 saturated heterocycles. The van der Waals surface area contributed by atoms with Crippen LogP contribution in [0.4, 0.5) is 0 Å². The van der Waals surface area contributed by atoms with E-state index in [2.05, 4.69) is 10.3 Å². The lowest BCUT2D eigenvalue weighted by Crippen LogP contribution is -2.09. The first-order chi connectivity index (χ1) is 9.22. The van der Waals surface area contributed by atoms with Gasteiger partial charge >= 0.3 is 5.97 Å². The lowest BCUT2D eigenvalue weighted by atomic mass is 10.1. The van der Waals surface area contributed by atoms with Crippen LogP contribution in [-0.2, 0) is 19.4 Å². The summed E-state index contributed by atoms with van der Waals surface area (Å²) in [5, 5.41) is 16.8. The topological polar surface area (TPSA) is 68.0 Å². The summed E-state index contributed by atoms with van der Waals surface area (Å²) in [4.78, 5) is 11.1. The molecule has 0 radical (unpaired) electrons. The molecule has 0 aliphatic rings. The van der Waals surface area contributed by atoms with Gasteiger partial charge in [-0.05, 0) is 24.8 Å². The Morgan fingerprint density at radius 1 is 1.26 bits per heavy atom. The van der Waals surface area contributed by atoms with E-state index in [1.807, 2.05) is 37.3 Å². The maximum atomic E-state index is 11.1. The SMILES string of the molecule is CCCn1nnc(C(=O)O)c1CCc1ccccc1. The fraction of sp³-hybridized carbons (Fsp3) is 0.357. The molecule has 5 heteroatoms. The van der Waals surface area contributed by atoms with E-state index < -0.39 is 5.97 Å². The first kappa shape index (κ1) is 13.3. The molecule has 2 aromatic rings. The van der Waals surface area contributed by atoms with Crippen molar-refractivity contribution in [3.05, 3.63) is 47.3 Å². The van der Waals surface area contributed by atoms with Gasteiger partial charge in [0.2, 0.25) is 0 Å². The van der Waals surface area contributed by atoms with Crippen molar-refractivity contribution in [1.29, 1.82) is 0 Å². The Labute approximate surface area is 111 Å². The van der Waals surface area contributed by atoms with Gasteiger partial charge in [-0.3, -0.25) is 0 Å². The van der Waals surface area contributed by atoms with Crippen LogP contribution in [-0.4, -0.2) is 26.1 Å². The number of aromatic nitrogens is 3. The first-order valence-corrected chi connectivity index (χ1v) is 6.42. The number of hydrogen-bond acceptors (Lipinski definition) is 3. The molecule has 1 aromatic heterocycles. The fourth-order valence-electron chi connectivity index (χ4n) is 2.05. The van der Waals surface area contributed by atoms with Crippen LogP contribution in [0.1, 0.15) is 35.1 Å². The average Bonchev–Trinajstić information content (AvgIpc) is 2.81. The van der Waals surface area contributed by atoms with E-state index in [1.54, 1.807) is 4.68 Å². The van der Waals surface area contributed by atoms with E-state index in [-0.39, 0.29) is 5.69 Å². The summed E-state index contributed by atoms with van der Waals surface area (Å²) in [6.07, 6.45) is 2.33. The Balaban J connectivity index is 2.17. The second-order valence-electron chi connectivity index (χ2n) is 4.40. The number of carbonyl (C=O) groups is 1. The zero-order chi connectivity index (χ0) is 13.7. The minimum Gasteiger partial charge on any atom is -0.476 e. The van der Waals surface area contributed by atoms with Crippen molar-refractivity contribution in [2.24, 2.45) is 0 Å². The molecule has 5 nitrogen and oxygen atoms in total. The number of carboxylic acids is 1. The monoisotopic (exact) mass is 259 g/mol. The Morgan fingerprint density at radius 2 is 2.00 bits per heavy atom. The van der Waals surface area contributed by atoms with Gasteiger partial charge in [0.05, 0.1) is 5.69 Å². The molecule has 1 aromatic carbocycles. The normalized spacial score (nSPS) is 10.6. The summed E-state index contributed by atoms with van der Waals surface area (Å²) in [7, 11) is 0. The Bertz CT molecular complexity index is 549. The van der Waals surface area contributed by atoms with Gasteiger partial charge in [-0.1, -0.05) is 42.5 Å². The average molecular weight is 259 g/mol. The molecule has 0 aliphatic heterocycles. The van der Waals surface area contributed by atoms with Crippen molar-refractivity contribution in [1.82, 2.24) is 15.0 Å². The molecule has 0 unspecified atom stereocenters. The predicted molar refractivity (Wildman–Crippen MR) is 71.1 cm³/mol. The highest BCUT2D eigenvalue weighted by Crippen LogP contribution is 2.11. The van der Waals surface area contributed by atoms with Crippen LogP contribution in [0.3, 0.4) is 0 Å². The molecule has 100 valence electrons. The largest absolute Gasteiger partial charge is 0.476 e. The number of rotatable bonds is 6. The first-order valence-electron chi connectivity index (χ1n) is 6.42. The van der Waals surface area contributed by atoms with Gasteiger partial charge in [-0.2, -0.15) is 0 Å². The van der Waals surface area contributed by atoms with Gasteiger partial charge < -0.3 is 5.11 Å². The minimum atomic E-state index is -1.01. The van der Waals surface area contributed by atoms with E-state index in [9.17, 15) is 4.79 Å². The zero-order valence-electron chi connectivity index (χ0n) is 10.9. The van der Waals surface area contributed by atoms with Crippen LogP contribution >= 0.6 is 0 Å². The third kappa shape index (κ3) is 3.19. The van der Waals surface area contributed by atoms with Gasteiger partial charge in [-0.25, -0.2) is 9.48 Å². The fourth-order valence-corrected chi connectivity index (χ4v) is 2.05. The summed E-state index contributed by atoms with van der Waals surface area (Å²) < 4.78 is 1.70. The summed E-state index contributed by atoms with van der Waals surface area (Å²) >= 11 is 0. The molecule has 1 N–H and O–H groups in total. The van der Waals surface area contributed by atoms with Gasteiger partial charge in [0.25, 0.3) is 0 Å². The van der Waals surface area contributed by atoms with Crippen molar-refractivity contribution in [2.75, 3.05) is 0 Å².